The van der Waals surface area contributed by atoms with E-state index < -0.39 is 26.7 Å². The summed E-state index contributed by atoms with van der Waals surface area (Å²) in [7, 11) is -4.00. The lowest BCUT2D eigenvalue weighted by atomic mass is 10.1. The summed E-state index contributed by atoms with van der Waals surface area (Å²) < 4.78 is 41.2. The molecule has 1 aromatic heterocycles. The molecular formula is C17H19N3O6S. The van der Waals surface area contributed by atoms with Crippen LogP contribution in [0.25, 0.3) is 11.5 Å². The minimum Gasteiger partial charge on any atom is -0.486 e. The number of carbonyl (C=O) groups is 1. The summed E-state index contributed by atoms with van der Waals surface area (Å²) in [4.78, 5) is 13.8. The van der Waals surface area contributed by atoms with Crippen LogP contribution in [0, 0.1) is 0 Å². The molecule has 1 aromatic carbocycles. The molecular weight excluding hydrogens is 374 g/mol. The molecule has 2 aliphatic heterocycles. The number of ether oxygens (including phenoxy) is 2. The first-order valence-corrected chi connectivity index (χ1v) is 10.4. The van der Waals surface area contributed by atoms with Crippen LogP contribution in [-0.4, -0.2) is 61.5 Å². The molecule has 10 heteroatoms. The highest BCUT2D eigenvalue weighted by atomic mass is 32.2. The van der Waals surface area contributed by atoms with Crippen molar-refractivity contribution in [3.8, 4) is 23.0 Å². The van der Waals surface area contributed by atoms with Gasteiger partial charge in [-0.05, 0) is 37.5 Å². The molecule has 9 nitrogen and oxygen atoms in total. The Balaban J connectivity index is 1.52. The predicted molar refractivity (Wildman–Crippen MR) is 93.2 cm³/mol. The van der Waals surface area contributed by atoms with E-state index in [-0.39, 0.29) is 5.89 Å². The molecule has 1 fully saturated rings. The number of likely N-dealkylation sites (tertiary alicyclic amines) is 1. The van der Waals surface area contributed by atoms with Crippen LogP contribution >= 0.6 is 0 Å². The first-order valence-electron chi connectivity index (χ1n) is 8.77. The van der Waals surface area contributed by atoms with E-state index in [2.05, 4.69) is 10.2 Å². The summed E-state index contributed by atoms with van der Waals surface area (Å²) in [6.45, 7) is 2.07. The molecule has 0 unspecified atom stereocenters. The number of nitrogens with zero attached hydrogens (tertiary/aromatic N) is 3. The summed E-state index contributed by atoms with van der Waals surface area (Å²) in [6.07, 6.45) is 2.83. The van der Waals surface area contributed by atoms with E-state index in [9.17, 15) is 13.2 Å². The van der Waals surface area contributed by atoms with Gasteiger partial charge in [0.15, 0.2) is 11.5 Å². The van der Waals surface area contributed by atoms with E-state index in [1.54, 1.807) is 23.1 Å². The van der Waals surface area contributed by atoms with Crippen molar-refractivity contribution in [2.24, 2.45) is 0 Å². The van der Waals surface area contributed by atoms with Crippen molar-refractivity contribution in [3.05, 3.63) is 18.2 Å². The van der Waals surface area contributed by atoms with Gasteiger partial charge in [0.1, 0.15) is 19.0 Å². The van der Waals surface area contributed by atoms with Gasteiger partial charge in [0.2, 0.25) is 21.6 Å². The highest BCUT2D eigenvalue weighted by Crippen LogP contribution is 2.34. The van der Waals surface area contributed by atoms with Gasteiger partial charge in [-0.2, -0.15) is 0 Å². The fourth-order valence-corrected chi connectivity index (χ4v) is 4.09. The summed E-state index contributed by atoms with van der Waals surface area (Å²) in [6, 6.07) is 5.02. The van der Waals surface area contributed by atoms with Crippen molar-refractivity contribution in [3.63, 3.8) is 0 Å². The van der Waals surface area contributed by atoms with E-state index in [1.165, 1.54) is 0 Å². The second kappa shape index (κ2) is 7.18. The molecule has 1 amide bonds. The maximum atomic E-state index is 12.5. The minimum absolute atomic E-state index is 0.0379. The maximum absolute atomic E-state index is 12.5. The smallest absolute Gasteiger partial charge is 0.336 e. The molecule has 3 heterocycles. The molecule has 2 aliphatic rings. The first kappa shape index (κ1) is 17.8. The third-order valence-corrected chi connectivity index (χ3v) is 5.81. The lowest BCUT2D eigenvalue weighted by Crippen LogP contribution is -2.39. The monoisotopic (exact) mass is 393 g/mol. The standard InChI is InChI=1S/C17H19N3O6S/c21-15(20-6-2-1-3-7-20)11-27(22,23)17-19-18-16(26-17)12-4-5-13-14(10-12)25-9-8-24-13/h4-5,10H,1-3,6-9,11H2. The molecule has 0 bridgehead atoms. The van der Waals surface area contributed by atoms with Crippen LogP contribution in [0.5, 0.6) is 11.5 Å². The zero-order chi connectivity index (χ0) is 18.9. The Labute approximate surface area is 156 Å². The number of piperidine rings is 1. The van der Waals surface area contributed by atoms with Crippen LogP contribution in [0.3, 0.4) is 0 Å². The van der Waals surface area contributed by atoms with Crippen molar-refractivity contribution < 1.29 is 27.1 Å². The van der Waals surface area contributed by atoms with E-state index in [0.717, 1.165) is 19.3 Å². The molecule has 0 N–H and O–H groups in total. The topological polar surface area (TPSA) is 112 Å². The molecule has 2 aromatic rings. The van der Waals surface area contributed by atoms with Crippen LogP contribution < -0.4 is 9.47 Å². The van der Waals surface area contributed by atoms with Gasteiger partial charge in [0, 0.05) is 18.7 Å². The highest BCUT2D eigenvalue weighted by molar-refractivity contribution is 7.91. The SMILES string of the molecule is O=C(CS(=O)(=O)c1nnc(-c2ccc3c(c2)OCCO3)o1)N1CCCCC1. The number of sulfone groups is 1. The quantitative estimate of drug-likeness (QED) is 0.764. The molecule has 144 valence electrons. The zero-order valence-electron chi connectivity index (χ0n) is 14.6. The van der Waals surface area contributed by atoms with Crippen molar-refractivity contribution in [1.82, 2.24) is 15.1 Å². The number of fused-ring (bicyclic) bond motifs is 1. The third-order valence-electron chi connectivity index (χ3n) is 4.48. The van der Waals surface area contributed by atoms with Gasteiger partial charge in [-0.1, -0.05) is 5.10 Å². The number of hydrogen-bond acceptors (Lipinski definition) is 8. The van der Waals surface area contributed by atoms with Gasteiger partial charge >= 0.3 is 5.22 Å². The normalized spacial score (nSPS) is 17.0. The van der Waals surface area contributed by atoms with Crippen molar-refractivity contribution in [2.75, 3.05) is 32.1 Å². The van der Waals surface area contributed by atoms with Crippen LogP contribution in [-0.2, 0) is 14.6 Å². The average Bonchev–Trinajstić information content (AvgIpc) is 3.19. The number of carbonyl (C=O) groups excluding carboxylic acids is 1. The van der Waals surface area contributed by atoms with Crippen molar-refractivity contribution in [2.45, 2.75) is 24.5 Å². The molecule has 0 radical (unpaired) electrons. The first-order chi connectivity index (χ1) is 13.0. The number of aromatic nitrogens is 2. The minimum atomic E-state index is -4.00. The Bertz CT molecular complexity index is 949. The highest BCUT2D eigenvalue weighted by Gasteiger charge is 2.29. The Morgan fingerprint density at radius 2 is 1.78 bits per heavy atom. The molecule has 4 rings (SSSR count). The number of rotatable bonds is 4. The average molecular weight is 393 g/mol. The summed E-state index contributed by atoms with van der Waals surface area (Å²) in [5.74, 6) is 0.0614. The third kappa shape index (κ3) is 3.75. The molecule has 1 saturated heterocycles. The fourth-order valence-electron chi connectivity index (χ4n) is 3.09. The van der Waals surface area contributed by atoms with Crippen LogP contribution in [0.1, 0.15) is 19.3 Å². The van der Waals surface area contributed by atoms with Gasteiger partial charge in [-0.3, -0.25) is 4.79 Å². The van der Waals surface area contributed by atoms with Gasteiger partial charge in [-0.25, -0.2) is 8.42 Å². The van der Waals surface area contributed by atoms with Crippen LogP contribution in [0.4, 0.5) is 0 Å². The van der Waals surface area contributed by atoms with Crippen molar-refractivity contribution >= 4 is 15.7 Å². The van der Waals surface area contributed by atoms with Gasteiger partial charge in [0.25, 0.3) is 0 Å². The molecule has 0 saturated carbocycles. The fraction of sp³-hybridized carbons (Fsp3) is 0.471. The molecule has 0 atom stereocenters. The number of hydrogen-bond donors (Lipinski definition) is 0. The van der Waals surface area contributed by atoms with Crippen molar-refractivity contribution in [1.29, 1.82) is 0 Å². The lowest BCUT2D eigenvalue weighted by Gasteiger charge is -2.26. The van der Waals surface area contributed by atoms with E-state index in [4.69, 9.17) is 13.9 Å². The van der Waals surface area contributed by atoms with Gasteiger partial charge in [0.05, 0.1) is 0 Å². The lowest BCUT2D eigenvalue weighted by molar-refractivity contribution is -0.129. The van der Waals surface area contributed by atoms with Gasteiger partial charge < -0.3 is 18.8 Å². The van der Waals surface area contributed by atoms with Gasteiger partial charge in [-0.15, -0.1) is 5.10 Å². The molecule has 0 spiro atoms. The Morgan fingerprint density at radius 1 is 1.04 bits per heavy atom. The Hall–Kier alpha value is -2.62. The second-order valence-electron chi connectivity index (χ2n) is 6.43. The summed E-state index contributed by atoms with van der Waals surface area (Å²) >= 11 is 0. The maximum Gasteiger partial charge on any atom is 0.336 e. The molecule has 27 heavy (non-hydrogen) atoms. The van der Waals surface area contributed by atoms with Crippen LogP contribution in [0.15, 0.2) is 27.8 Å². The van der Waals surface area contributed by atoms with Crippen LogP contribution in [0.2, 0.25) is 0 Å². The largest absolute Gasteiger partial charge is 0.486 e. The van der Waals surface area contributed by atoms with E-state index in [1.807, 2.05) is 0 Å². The zero-order valence-corrected chi connectivity index (χ0v) is 15.4. The number of benzene rings is 1. The number of amides is 1. The van der Waals surface area contributed by atoms with E-state index in [0.29, 0.717) is 43.4 Å². The second-order valence-corrected chi connectivity index (χ2v) is 8.30. The summed E-state index contributed by atoms with van der Waals surface area (Å²) in [5, 5.41) is 6.87. The Morgan fingerprint density at radius 3 is 2.56 bits per heavy atom. The molecule has 0 aliphatic carbocycles. The van der Waals surface area contributed by atoms with E-state index >= 15 is 0 Å². The predicted octanol–water partition coefficient (Wildman–Crippen LogP) is 1.29. The Kier molecular flexibility index (Phi) is 4.73. The summed E-state index contributed by atoms with van der Waals surface area (Å²) in [5.41, 5.74) is 0.510.